The number of carbonyl (C=O) groups excluding carboxylic acids is 2. The molecule has 40 heavy (non-hydrogen) atoms. The smallest absolute Gasteiger partial charge is 0.254 e. The zero-order valence-electron chi connectivity index (χ0n) is 22.5. The molecule has 10 nitrogen and oxygen atoms in total. The third-order valence-electron chi connectivity index (χ3n) is 7.19. The number of piperidine rings is 1. The van der Waals surface area contributed by atoms with Crippen molar-refractivity contribution in [3.05, 3.63) is 71.9 Å². The van der Waals surface area contributed by atoms with Gasteiger partial charge in [0.1, 0.15) is 0 Å². The Morgan fingerprint density at radius 2 is 1.95 bits per heavy atom. The maximum Gasteiger partial charge on any atom is 0.254 e. The molecule has 4 N–H and O–H groups in total. The van der Waals surface area contributed by atoms with Gasteiger partial charge in [-0.25, -0.2) is 14.4 Å². The van der Waals surface area contributed by atoms with E-state index >= 15 is 0 Å². The quantitative estimate of drug-likeness (QED) is 0.309. The molecule has 0 atom stereocenters. The second kappa shape index (κ2) is 11.7. The van der Waals surface area contributed by atoms with Crippen molar-refractivity contribution in [1.29, 1.82) is 0 Å². The second-order valence-electron chi connectivity index (χ2n) is 9.76. The molecule has 2 aromatic heterocycles. The summed E-state index contributed by atoms with van der Waals surface area (Å²) in [6, 6.07) is 10.3. The minimum absolute atomic E-state index is 0.00791. The first kappa shape index (κ1) is 27.1. The number of ether oxygens (including phenoxy) is 1. The number of hydrogen-bond donors (Lipinski definition) is 3. The second-order valence-corrected chi connectivity index (χ2v) is 9.76. The minimum Gasteiger partial charge on any atom is -0.494 e. The number of nitrogens with two attached hydrogens (primary N) is 1. The van der Waals surface area contributed by atoms with Crippen molar-refractivity contribution < 1.29 is 18.7 Å². The van der Waals surface area contributed by atoms with Gasteiger partial charge in [-0.1, -0.05) is 0 Å². The molecule has 11 heteroatoms. The Labute approximate surface area is 231 Å². The molecular formula is C29H32FN7O3. The van der Waals surface area contributed by atoms with E-state index < -0.39 is 5.82 Å². The number of methoxy groups -OCH3 is 1. The van der Waals surface area contributed by atoms with Crippen LogP contribution in [0.2, 0.25) is 0 Å². The van der Waals surface area contributed by atoms with Crippen LogP contribution in [0.3, 0.4) is 0 Å². The summed E-state index contributed by atoms with van der Waals surface area (Å²) in [5.74, 6) is 0.115. The normalized spacial score (nSPS) is 13.8. The number of hydrogen-bond acceptors (Lipinski definition) is 7. The molecule has 0 aliphatic carbocycles. The van der Waals surface area contributed by atoms with Crippen LogP contribution < -0.4 is 21.1 Å². The van der Waals surface area contributed by atoms with Crippen LogP contribution in [0.25, 0.3) is 16.9 Å². The van der Waals surface area contributed by atoms with Gasteiger partial charge < -0.3 is 26.0 Å². The van der Waals surface area contributed by atoms with Crippen LogP contribution in [0.4, 0.5) is 15.9 Å². The Hall–Kier alpha value is -4.51. The van der Waals surface area contributed by atoms with E-state index in [1.807, 2.05) is 23.5 Å². The SMILES string of the molecule is COc1ccc(-c2cnc3c(Nc4ccc(C(=O)N5CCC(C(=O)NCCN)CC5)c(C)c4)nccn23)cc1F. The lowest BCUT2D eigenvalue weighted by Gasteiger charge is -2.31. The number of imidazole rings is 1. The van der Waals surface area contributed by atoms with Gasteiger partial charge in [-0.3, -0.25) is 14.0 Å². The first-order chi connectivity index (χ1) is 19.4. The summed E-state index contributed by atoms with van der Waals surface area (Å²) >= 11 is 0. The van der Waals surface area contributed by atoms with Crippen molar-refractivity contribution in [1.82, 2.24) is 24.6 Å². The molecule has 0 saturated carbocycles. The monoisotopic (exact) mass is 545 g/mol. The largest absolute Gasteiger partial charge is 0.494 e. The number of aromatic nitrogens is 3. The summed E-state index contributed by atoms with van der Waals surface area (Å²) in [6.07, 6.45) is 6.34. The van der Waals surface area contributed by atoms with Gasteiger partial charge in [0.15, 0.2) is 23.0 Å². The van der Waals surface area contributed by atoms with E-state index in [-0.39, 0.29) is 23.5 Å². The van der Waals surface area contributed by atoms with Crippen LogP contribution in [0.1, 0.15) is 28.8 Å². The number of likely N-dealkylation sites (tertiary alicyclic amines) is 1. The molecule has 2 aromatic carbocycles. The fraction of sp³-hybridized carbons (Fsp3) is 0.310. The fourth-order valence-electron chi connectivity index (χ4n) is 5.02. The number of halogens is 1. The van der Waals surface area contributed by atoms with Crippen molar-refractivity contribution >= 4 is 29.0 Å². The van der Waals surface area contributed by atoms with Gasteiger partial charge in [0.25, 0.3) is 5.91 Å². The molecular weight excluding hydrogens is 513 g/mol. The molecule has 0 bridgehead atoms. The summed E-state index contributed by atoms with van der Waals surface area (Å²) in [7, 11) is 1.43. The Balaban J connectivity index is 1.29. The molecule has 0 unspecified atom stereocenters. The Kier molecular flexibility index (Phi) is 7.92. The highest BCUT2D eigenvalue weighted by atomic mass is 19.1. The predicted octanol–water partition coefficient (Wildman–Crippen LogP) is 3.52. The fourth-order valence-corrected chi connectivity index (χ4v) is 5.02. The van der Waals surface area contributed by atoms with Crippen molar-refractivity contribution in [3.63, 3.8) is 0 Å². The number of benzene rings is 2. The maximum atomic E-state index is 14.3. The minimum atomic E-state index is -0.454. The number of anilines is 2. The number of fused-ring (bicyclic) bond motifs is 1. The van der Waals surface area contributed by atoms with Gasteiger partial charge in [-0.15, -0.1) is 0 Å². The van der Waals surface area contributed by atoms with E-state index in [4.69, 9.17) is 10.5 Å². The molecule has 1 fully saturated rings. The van der Waals surface area contributed by atoms with E-state index in [1.54, 1.807) is 41.7 Å². The summed E-state index contributed by atoms with van der Waals surface area (Å²) in [4.78, 5) is 36.2. The standard InChI is InChI=1S/C29H32FN7O3/c1-18-15-21(4-5-22(18)29(39)36-12-7-19(8-13-36)28(38)33-10-9-31)35-26-27-34-17-24(37(27)14-11-32-26)20-3-6-25(40-2)23(30)16-20/h3-6,11,14-17,19H,7-10,12-13,31H2,1-2H3,(H,32,35)(H,33,38). The van der Waals surface area contributed by atoms with Crippen LogP contribution >= 0.6 is 0 Å². The first-order valence-corrected chi connectivity index (χ1v) is 13.2. The van der Waals surface area contributed by atoms with Gasteiger partial charge in [0.05, 0.1) is 19.0 Å². The van der Waals surface area contributed by atoms with Crippen molar-refractivity contribution in [2.24, 2.45) is 11.7 Å². The summed E-state index contributed by atoms with van der Waals surface area (Å²) < 4.78 is 21.2. The third-order valence-corrected chi connectivity index (χ3v) is 7.19. The maximum absolute atomic E-state index is 14.3. The highest BCUT2D eigenvalue weighted by molar-refractivity contribution is 5.96. The van der Waals surface area contributed by atoms with E-state index in [1.165, 1.54) is 13.2 Å². The van der Waals surface area contributed by atoms with E-state index in [9.17, 15) is 14.0 Å². The molecule has 1 aliphatic rings. The number of amides is 2. The van der Waals surface area contributed by atoms with Gasteiger partial charge in [-0.05, 0) is 61.7 Å². The summed E-state index contributed by atoms with van der Waals surface area (Å²) in [5.41, 5.74) is 9.60. The number of rotatable bonds is 8. The zero-order valence-corrected chi connectivity index (χ0v) is 22.5. The zero-order chi connectivity index (χ0) is 28.2. The van der Waals surface area contributed by atoms with Crippen LogP contribution in [-0.4, -0.2) is 64.4 Å². The van der Waals surface area contributed by atoms with Gasteiger partial charge in [0, 0.05) is 61.3 Å². The molecule has 1 aliphatic heterocycles. The molecule has 1 saturated heterocycles. The van der Waals surface area contributed by atoms with E-state index in [0.29, 0.717) is 67.3 Å². The molecule has 5 rings (SSSR count). The third kappa shape index (κ3) is 5.46. The lowest BCUT2D eigenvalue weighted by molar-refractivity contribution is -0.126. The average molecular weight is 546 g/mol. The topological polar surface area (TPSA) is 127 Å². The van der Waals surface area contributed by atoms with Gasteiger partial charge >= 0.3 is 0 Å². The van der Waals surface area contributed by atoms with Crippen molar-refractivity contribution in [2.45, 2.75) is 19.8 Å². The number of carbonyl (C=O) groups is 2. The van der Waals surface area contributed by atoms with Crippen LogP contribution in [0.15, 0.2) is 55.0 Å². The van der Waals surface area contributed by atoms with Crippen molar-refractivity contribution in [3.8, 4) is 17.0 Å². The summed E-state index contributed by atoms with van der Waals surface area (Å²) in [5, 5.41) is 6.13. The van der Waals surface area contributed by atoms with Crippen molar-refractivity contribution in [2.75, 3.05) is 38.6 Å². The predicted molar refractivity (Wildman–Crippen MR) is 150 cm³/mol. The highest BCUT2D eigenvalue weighted by Gasteiger charge is 2.28. The van der Waals surface area contributed by atoms with E-state index in [2.05, 4.69) is 20.6 Å². The number of nitrogens with zero attached hydrogens (tertiary/aromatic N) is 4. The molecule has 3 heterocycles. The lowest BCUT2D eigenvalue weighted by Crippen LogP contribution is -2.43. The Bertz CT molecular complexity index is 1550. The van der Waals surface area contributed by atoms with Crippen LogP contribution in [0.5, 0.6) is 5.75 Å². The Morgan fingerprint density at radius 1 is 1.15 bits per heavy atom. The molecule has 2 amide bonds. The Morgan fingerprint density at radius 3 is 2.65 bits per heavy atom. The molecule has 0 radical (unpaired) electrons. The molecule has 4 aromatic rings. The summed E-state index contributed by atoms with van der Waals surface area (Å²) in [6.45, 7) is 3.83. The van der Waals surface area contributed by atoms with Gasteiger partial charge in [0.2, 0.25) is 5.91 Å². The highest BCUT2D eigenvalue weighted by Crippen LogP contribution is 2.29. The van der Waals surface area contributed by atoms with E-state index in [0.717, 1.165) is 11.3 Å². The molecule has 208 valence electrons. The average Bonchev–Trinajstić information content (AvgIpc) is 3.41. The number of aryl methyl sites for hydroxylation is 1. The molecule has 0 spiro atoms. The van der Waals surface area contributed by atoms with Gasteiger partial charge in [-0.2, -0.15) is 0 Å². The van der Waals surface area contributed by atoms with Crippen LogP contribution in [-0.2, 0) is 4.79 Å². The first-order valence-electron chi connectivity index (χ1n) is 13.2. The lowest BCUT2D eigenvalue weighted by atomic mass is 9.95. The van der Waals surface area contributed by atoms with Crippen LogP contribution in [0, 0.1) is 18.7 Å². The number of nitrogens with one attached hydrogen (secondary N) is 2.